The maximum Gasteiger partial charge on any atom is 0.187 e. The minimum atomic E-state index is -1.38. The van der Waals surface area contributed by atoms with Gasteiger partial charge in [-0.2, -0.15) is 0 Å². The molecule has 5 rings (SSSR count). The van der Waals surface area contributed by atoms with Gasteiger partial charge in [-0.05, 0) is 68.4 Å². The molecule has 2 heterocycles. The fraction of sp³-hybridized carbons (Fsp3) is 0.862. The minimum absolute atomic E-state index is 0.121. The van der Waals surface area contributed by atoms with Crippen molar-refractivity contribution in [2.45, 2.75) is 122 Å². The average molecular weight is 539 g/mol. The highest BCUT2D eigenvalue weighted by atomic mass is 16.8. The summed E-state index contributed by atoms with van der Waals surface area (Å²) < 4.78 is 24.3. The number of ether oxygens (including phenoxy) is 4. The van der Waals surface area contributed by atoms with E-state index >= 15 is 0 Å². The molecular formula is C29H46O9. The summed E-state index contributed by atoms with van der Waals surface area (Å²) >= 11 is 0. The molecule has 3 fully saturated rings. The smallest absolute Gasteiger partial charge is 0.187 e. The first-order valence-corrected chi connectivity index (χ1v) is 14.2. The first kappa shape index (κ1) is 28.6. The predicted octanol–water partition coefficient (Wildman–Crippen LogP) is 1.79. The number of rotatable bonds is 4. The van der Waals surface area contributed by atoms with Crippen LogP contribution in [0.1, 0.15) is 67.2 Å². The van der Waals surface area contributed by atoms with Gasteiger partial charge in [0, 0.05) is 5.41 Å². The molecular weight excluding hydrogens is 492 g/mol. The van der Waals surface area contributed by atoms with Gasteiger partial charge in [-0.1, -0.05) is 39.3 Å². The number of fused-ring (bicyclic) bond motifs is 3. The standard InChI is InChI=1S/C29H46O9/c1-14(2)16-7-9-28(6)11-18-17(8-10-29(18,34)13-30)15(3)21(31)25(20(16)28)37-26-23(33)22(32)24-19(36-26)12-35-27(4,5)38-24/h11,14-15,17,19,21-26,30-34H,7-10,12-13H2,1-6H3/t15-,17+,19-,21-,22-,23-,24-,25-,26-,28-,29+/m1/s1. The average Bonchev–Trinajstić information content (AvgIpc) is 3.36. The highest BCUT2D eigenvalue weighted by Gasteiger charge is 2.56. The molecule has 3 aliphatic carbocycles. The fourth-order valence-corrected chi connectivity index (χ4v) is 7.55. The van der Waals surface area contributed by atoms with Gasteiger partial charge in [-0.15, -0.1) is 0 Å². The number of hydrogen-bond acceptors (Lipinski definition) is 9. The molecule has 0 aromatic rings. The Bertz CT molecular complexity index is 973. The van der Waals surface area contributed by atoms with Crippen molar-refractivity contribution in [1.29, 1.82) is 0 Å². The van der Waals surface area contributed by atoms with Crippen LogP contribution in [0.2, 0.25) is 0 Å². The van der Waals surface area contributed by atoms with Crippen molar-refractivity contribution in [2.24, 2.45) is 23.2 Å². The van der Waals surface area contributed by atoms with Gasteiger partial charge in [-0.3, -0.25) is 0 Å². The Kier molecular flexibility index (Phi) is 7.45. The SMILES string of the molecule is CC(C)C1=C2[C@@H](O[C@H]3O[C@@H]4COC(C)(C)O[C@H]4[C@H](O)[C@H]3O)[C@H](O)[C@H](C)[C@@H]3CC[C@](O)(CO)C3=C[C@@]2(C)CC1. The van der Waals surface area contributed by atoms with Crippen molar-refractivity contribution < 1.29 is 44.5 Å². The molecule has 9 heteroatoms. The minimum Gasteiger partial charge on any atom is -0.393 e. The van der Waals surface area contributed by atoms with Gasteiger partial charge in [-0.25, -0.2) is 0 Å². The summed E-state index contributed by atoms with van der Waals surface area (Å²) in [6.45, 7) is 11.6. The van der Waals surface area contributed by atoms with E-state index in [-0.39, 0.29) is 31.0 Å². The molecule has 2 aliphatic heterocycles. The van der Waals surface area contributed by atoms with Gasteiger partial charge in [0.25, 0.3) is 0 Å². The highest BCUT2D eigenvalue weighted by molar-refractivity contribution is 5.42. The molecule has 5 N–H and O–H groups in total. The lowest BCUT2D eigenvalue weighted by atomic mass is 9.68. The van der Waals surface area contributed by atoms with Crippen molar-refractivity contribution in [3.05, 3.63) is 22.8 Å². The molecule has 216 valence electrons. The number of hydrogen-bond donors (Lipinski definition) is 5. The van der Waals surface area contributed by atoms with E-state index in [4.69, 9.17) is 18.9 Å². The van der Waals surface area contributed by atoms with Crippen LogP contribution in [0.15, 0.2) is 22.8 Å². The molecule has 0 aromatic heterocycles. The van der Waals surface area contributed by atoms with Crippen LogP contribution in [0.25, 0.3) is 0 Å². The lowest BCUT2D eigenvalue weighted by molar-refractivity contribution is -0.387. The Hall–Kier alpha value is -0.880. The molecule has 0 bridgehead atoms. The quantitative estimate of drug-likeness (QED) is 0.339. The molecule has 0 spiro atoms. The molecule has 9 nitrogen and oxygen atoms in total. The molecule has 0 radical (unpaired) electrons. The van der Waals surface area contributed by atoms with Gasteiger partial charge in [0.2, 0.25) is 0 Å². The molecule has 5 aliphatic rings. The Morgan fingerprint density at radius 1 is 1.08 bits per heavy atom. The number of aliphatic hydroxyl groups excluding tert-OH is 4. The molecule has 0 aromatic carbocycles. The van der Waals surface area contributed by atoms with Crippen LogP contribution in [0, 0.1) is 23.2 Å². The summed E-state index contributed by atoms with van der Waals surface area (Å²) in [5.74, 6) is -1.12. The molecule has 38 heavy (non-hydrogen) atoms. The normalized spacial score (nSPS) is 48.7. The van der Waals surface area contributed by atoms with E-state index in [1.165, 1.54) is 5.57 Å². The lowest BCUT2D eigenvalue weighted by Crippen LogP contribution is -2.65. The van der Waals surface area contributed by atoms with Crippen LogP contribution in [0.3, 0.4) is 0 Å². The summed E-state index contributed by atoms with van der Waals surface area (Å²) in [5, 5.41) is 55.4. The maximum atomic E-state index is 11.9. The molecule has 0 amide bonds. The Morgan fingerprint density at radius 2 is 1.79 bits per heavy atom. The van der Waals surface area contributed by atoms with Crippen LogP contribution in [0.5, 0.6) is 0 Å². The van der Waals surface area contributed by atoms with Crippen LogP contribution < -0.4 is 0 Å². The van der Waals surface area contributed by atoms with Crippen molar-refractivity contribution in [1.82, 2.24) is 0 Å². The summed E-state index contributed by atoms with van der Waals surface area (Å²) in [4.78, 5) is 0. The maximum absolute atomic E-state index is 11.9. The molecule has 1 saturated carbocycles. The van der Waals surface area contributed by atoms with E-state index in [9.17, 15) is 25.5 Å². The van der Waals surface area contributed by atoms with E-state index in [0.717, 1.165) is 24.0 Å². The van der Waals surface area contributed by atoms with E-state index in [1.807, 2.05) is 6.92 Å². The van der Waals surface area contributed by atoms with Crippen LogP contribution in [0.4, 0.5) is 0 Å². The highest BCUT2D eigenvalue weighted by Crippen LogP contribution is 2.56. The largest absolute Gasteiger partial charge is 0.393 e. The third-order valence-electron chi connectivity index (χ3n) is 9.82. The molecule has 2 saturated heterocycles. The van der Waals surface area contributed by atoms with Crippen LogP contribution >= 0.6 is 0 Å². The van der Waals surface area contributed by atoms with Crippen LogP contribution in [-0.2, 0) is 18.9 Å². The third-order valence-corrected chi connectivity index (χ3v) is 9.82. The van der Waals surface area contributed by atoms with Crippen molar-refractivity contribution in [3.8, 4) is 0 Å². The van der Waals surface area contributed by atoms with Gasteiger partial charge in [0.05, 0.1) is 19.3 Å². The summed E-state index contributed by atoms with van der Waals surface area (Å²) in [7, 11) is 0. The van der Waals surface area contributed by atoms with Crippen molar-refractivity contribution >= 4 is 0 Å². The number of allylic oxidation sites excluding steroid dienone is 2. The Balaban J connectivity index is 1.53. The Morgan fingerprint density at radius 3 is 2.45 bits per heavy atom. The second kappa shape index (κ2) is 9.89. The van der Waals surface area contributed by atoms with Gasteiger partial charge in [0.1, 0.15) is 36.1 Å². The van der Waals surface area contributed by atoms with E-state index in [2.05, 4.69) is 26.8 Å². The lowest BCUT2D eigenvalue weighted by Gasteiger charge is -2.50. The summed E-state index contributed by atoms with van der Waals surface area (Å²) in [6, 6.07) is 0. The van der Waals surface area contributed by atoms with Gasteiger partial charge in [0.15, 0.2) is 12.1 Å². The second-order valence-electron chi connectivity index (χ2n) is 13.2. The zero-order valence-corrected chi connectivity index (χ0v) is 23.5. The first-order chi connectivity index (χ1) is 17.7. The summed E-state index contributed by atoms with van der Waals surface area (Å²) in [5.41, 5.74) is 1.11. The zero-order valence-electron chi connectivity index (χ0n) is 23.5. The van der Waals surface area contributed by atoms with E-state index in [1.54, 1.807) is 13.8 Å². The Labute approximate surface area is 225 Å². The third kappa shape index (κ3) is 4.62. The molecule has 11 atom stereocenters. The molecule has 0 unspecified atom stereocenters. The van der Waals surface area contributed by atoms with Crippen molar-refractivity contribution in [3.63, 3.8) is 0 Å². The van der Waals surface area contributed by atoms with E-state index in [0.29, 0.717) is 12.8 Å². The number of aliphatic hydroxyl groups is 5. The van der Waals surface area contributed by atoms with E-state index < -0.39 is 59.7 Å². The topological polar surface area (TPSA) is 138 Å². The first-order valence-electron chi connectivity index (χ1n) is 14.2. The summed E-state index contributed by atoms with van der Waals surface area (Å²) in [6.07, 6.45) is -2.18. The van der Waals surface area contributed by atoms with Gasteiger partial charge < -0.3 is 44.5 Å². The van der Waals surface area contributed by atoms with Gasteiger partial charge >= 0.3 is 0 Å². The van der Waals surface area contributed by atoms with Crippen molar-refractivity contribution in [2.75, 3.05) is 13.2 Å². The monoisotopic (exact) mass is 538 g/mol. The fourth-order valence-electron chi connectivity index (χ4n) is 7.55. The second-order valence-corrected chi connectivity index (χ2v) is 13.2. The zero-order chi connectivity index (χ0) is 27.8. The van der Waals surface area contributed by atoms with Crippen LogP contribution in [-0.4, -0.2) is 93.0 Å². The predicted molar refractivity (Wildman–Crippen MR) is 138 cm³/mol.